The molecule has 0 atom stereocenters. The molecule has 0 aliphatic rings. The van der Waals surface area contributed by atoms with Crippen LogP contribution in [-0.2, 0) is 0 Å². The van der Waals surface area contributed by atoms with Crippen LogP contribution in [0.2, 0.25) is 0 Å². The number of pyridine rings is 1. The van der Waals surface area contributed by atoms with E-state index >= 15 is 0 Å². The van der Waals surface area contributed by atoms with Gasteiger partial charge in [-0.05, 0) is 84.4 Å². The Morgan fingerprint density at radius 2 is 0.959 bits per heavy atom. The minimum absolute atomic E-state index is 0.990. The monoisotopic (exact) mass is 641 g/mol. The molecule has 7 aromatic carbocycles. The van der Waals surface area contributed by atoms with E-state index in [4.69, 9.17) is 4.98 Å². The molecule has 0 N–H and O–H groups in total. The molecular weight excluding hydrogens is 615 g/mol. The third kappa shape index (κ3) is 3.92. The lowest BCUT2D eigenvalue weighted by Gasteiger charge is -2.11. The minimum atomic E-state index is 0.990. The highest BCUT2D eigenvalue weighted by Gasteiger charge is 2.17. The molecule has 0 saturated heterocycles. The first-order valence-electron chi connectivity index (χ1n) is 16.6. The summed E-state index contributed by atoms with van der Waals surface area (Å²) >= 11 is 1.85. The maximum atomic E-state index is 4.92. The van der Waals surface area contributed by atoms with Crippen molar-refractivity contribution < 1.29 is 0 Å². The molecule has 0 fully saturated rings. The zero-order valence-corrected chi connectivity index (χ0v) is 27.2. The van der Waals surface area contributed by atoms with Crippen LogP contribution in [0.3, 0.4) is 0 Å². The summed E-state index contributed by atoms with van der Waals surface area (Å²) < 4.78 is 7.43. The van der Waals surface area contributed by atoms with Crippen molar-refractivity contribution in [3.05, 3.63) is 164 Å². The van der Waals surface area contributed by atoms with Gasteiger partial charge in [0.15, 0.2) is 0 Å². The Bertz CT molecular complexity index is 3070. The van der Waals surface area contributed by atoms with Gasteiger partial charge in [-0.25, -0.2) is 0 Å². The van der Waals surface area contributed by atoms with Gasteiger partial charge in [0.2, 0.25) is 0 Å². The fourth-order valence-corrected chi connectivity index (χ4v) is 8.99. The van der Waals surface area contributed by atoms with Gasteiger partial charge in [-0.15, -0.1) is 11.3 Å². The molecule has 0 radical (unpaired) electrons. The number of hydrogen-bond acceptors (Lipinski definition) is 2. The topological polar surface area (TPSA) is 22.8 Å². The Morgan fingerprint density at radius 1 is 0.388 bits per heavy atom. The van der Waals surface area contributed by atoms with Crippen molar-refractivity contribution in [3.63, 3.8) is 0 Å². The molecule has 11 rings (SSSR count). The molecule has 0 amide bonds. The lowest BCUT2D eigenvalue weighted by molar-refractivity contribution is 1.17. The van der Waals surface area contributed by atoms with E-state index in [1.807, 2.05) is 17.5 Å². The van der Waals surface area contributed by atoms with Crippen molar-refractivity contribution >= 4 is 86.0 Å². The second-order valence-electron chi connectivity index (χ2n) is 12.8. The smallest absolute Gasteiger partial charge is 0.0703 e. The van der Waals surface area contributed by atoms with Crippen LogP contribution in [-0.4, -0.2) is 14.1 Å². The summed E-state index contributed by atoms with van der Waals surface area (Å²) in [5, 5.41) is 8.76. The van der Waals surface area contributed by atoms with Gasteiger partial charge in [0, 0.05) is 70.2 Å². The summed E-state index contributed by atoms with van der Waals surface area (Å²) in [5.41, 5.74) is 10.4. The number of nitrogens with zero attached hydrogens (tertiary/aromatic N) is 3. The number of thiophene rings is 1. The molecule has 0 aliphatic carbocycles. The minimum Gasteiger partial charge on any atom is -0.309 e. The van der Waals surface area contributed by atoms with Crippen molar-refractivity contribution in [1.82, 2.24) is 14.1 Å². The van der Waals surface area contributed by atoms with Gasteiger partial charge in [0.05, 0.1) is 27.6 Å². The molecule has 3 nitrogen and oxygen atoms in total. The summed E-state index contributed by atoms with van der Waals surface area (Å²) in [6, 6.07) is 57.5. The maximum absolute atomic E-state index is 4.92. The van der Waals surface area contributed by atoms with Gasteiger partial charge in [0.25, 0.3) is 0 Å². The lowest BCUT2D eigenvalue weighted by Crippen LogP contribution is -1.96. The van der Waals surface area contributed by atoms with Crippen LogP contribution in [0.1, 0.15) is 0 Å². The third-order valence-corrected chi connectivity index (χ3v) is 11.3. The first-order valence-corrected chi connectivity index (χ1v) is 17.4. The Kier molecular flexibility index (Phi) is 5.54. The third-order valence-electron chi connectivity index (χ3n) is 10.1. The normalized spacial score (nSPS) is 12.1. The van der Waals surface area contributed by atoms with E-state index in [0.717, 1.165) is 27.8 Å². The fourth-order valence-electron chi connectivity index (χ4n) is 7.90. The number of hydrogen-bond donors (Lipinski definition) is 0. The van der Waals surface area contributed by atoms with E-state index in [2.05, 4.69) is 167 Å². The lowest BCUT2D eigenvalue weighted by atomic mass is 10.0. The first kappa shape index (κ1) is 26.8. The first-order chi connectivity index (χ1) is 24.3. The molecule has 4 heterocycles. The highest BCUT2D eigenvalue weighted by Crippen LogP contribution is 2.39. The Morgan fingerprint density at radius 3 is 1.69 bits per heavy atom. The van der Waals surface area contributed by atoms with Crippen LogP contribution in [0.5, 0.6) is 0 Å². The maximum Gasteiger partial charge on any atom is 0.0703 e. The molecule has 4 heteroatoms. The van der Waals surface area contributed by atoms with Crippen LogP contribution >= 0.6 is 11.3 Å². The SMILES string of the molecule is c1ccc2c(c1)sc1ccc(-c3cnc4ccc(-n5c6ccccc6c6cc(-n7c8ccccc8c8ccccc87)ccc65)cc4c3)cc12. The van der Waals surface area contributed by atoms with Crippen molar-refractivity contribution in [1.29, 1.82) is 0 Å². The van der Waals surface area contributed by atoms with Crippen LogP contribution in [0.25, 0.3) is 97.2 Å². The van der Waals surface area contributed by atoms with Crippen molar-refractivity contribution in [2.24, 2.45) is 0 Å². The summed E-state index contributed by atoms with van der Waals surface area (Å²) in [6.45, 7) is 0. The van der Waals surface area contributed by atoms with Crippen molar-refractivity contribution in [2.75, 3.05) is 0 Å². The quantitative estimate of drug-likeness (QED) is 0.188. The van der Waals surface area contributed by atoms with E-state index in [0.29, 0.717) is 0 Å². The van der Waals surface area contributed by atoms with E-state index in [-0.39, 0.29) is 0 Å². The van der Waals surface area contributed by atoms with Gasteiger partial charge in [-0.1, -0.05) is 78.9 Å². The number of fused-ring (bicyclic) bond motifs is 10. The largest absolute Gasteiger partial charge is 0.309 e. The summed E-state index contributed by atoms with van der Waals surface area (Å²) in [4.78, 5) is 4.92. The Hall–Kier alpha value is -6.23. The van der Waals surface area contributed by atoms with E-state index in [9.17, 15) is 0 Å². The van der Waals surface area contributed by atoms with Gasteiger partial charge in [0.1, 0.15) is 0 Å². The molecule has 0 aliphatic heterocycles. The zero-order chi connectivity index (χ0) is 32.1. The number of rotatable bonds is 3. The molecule has 0 spiro atoms. The summed E-state index contributed by atoms with van der Waals surface area (Å²) in [5.74, 6) is 0. The highest BCUT2D eigenvalue weighted by atomic mass is 32.1. The molecule has 4 aromatic heterocycles. The molecule has 0 saturated carbocycles. The number of para-hydroxylation sites is 3. The van der Waals surface area contributed by atoms with Crippen LogP contribution in [0.4, 0.5) is 0 Å². The van der Waals surface area contributed by atoms with Gasteiger partial charge >= 0.3 is 0 Å². The molecule has 11 aromatic rings. The molecule has 0 unspecified atom stereocenters. The zero-order valence-electron chi connectivity index (χ0n) is 26.3. The Labute approximate surface area is 285 Å². The molecule has 228 valence electrons. The van der Waals surface area contributed by atoms with Gasteiger partial charge < -0.3 is 9.13 Å². The van der Waals surface area contributed by atoms with E-state index in [1.54, 1.807) is 0 Å². The molecular formula is C45H27N3S. The average molecular weight is 642 g/mol. The summed E-state index contributed by atoms with van der Waals surface area (Å²) in [6.07, 6.45) is 2.01. The predicted molar refractivity (Wildman–Crippen MR) is 209 cm³/mol. The van der Waals surface area contributed by atoms with Gasteiger partial charge in [-0.3, -0.25) is 4.98 Å². The van der Waals surface area contributed by atoms with Crippen molar-refractivity contribution in [3.8, 4) is 22.5 Å². The predicted octanol–water partition coefficient (Wildman–Crippen LogP) is 12.5. The van der Waals surface area contributed by atoms with Gasteiger partial charge in [-0.2, -0.15) is 0 Å². The van der Waals surface area contributed by atoms with Crippen LogP contribution in [0.15, 0.2) is 164 Å². The molecule has 0 bridgehead atoms. The fraction of sp³-hybridized carbons (Fsp3) is 0. The van der Waals surface area contributed by atoms with Crippen LogP contribution < -0.4 is 0 Å². The second-order valence-corrected chi connectivity index (χ2v) is 13.9. The molecule has 49 heavy (non-hydrogen) atoms. The van der Waals surface area contributed by atoms with Crippen molar-refractivity contribution in [2.45, 2.75) is 0 Å². The Balaban J connectivity index is 1.09. The number of benzene rings is 7. The summed E-state index contributed by atoms with van der Waals surface area (Å²) in [7, 11) is 0. The highest BCUT2D eigenvalue weighted by molar-refractivity contribution is 7.25. The number of aromatic nitrogens is 3. The van der Waals surface area contributed by atoms with E-state index in [1.165, 1.54) is 69.3 Å². The second kappa shape index (κ2) is 10.1. The standard InChI is InChI=1S/C45H27N3S/c1-5-13-40-33(9-1)34-10-2-6-14-41(34)48(40)32-19-21-43-37(26-32)35-11-3-7-15-42(35)47(43)31-18-20-39-29(24-31)23-30(27-46-39)28-17-22-45-38(25-28)36-12-4-8-16-44(36)49-45/h1-27H. The van der Waals surface area contributed by atoms with Crippen LogP contribution in [0, 0.1) is 0 Å². The van der Waals surface area contributed by atoms with E-state index < -0.39 is 0 Å². The average Bonchev–Trinajstić information content (AvgIpc) is 3.81.